The van der Waals surface area contributed by atoms with Crippen molar-refractivity contribution >= 4 is 23.7 Å². The third kappa shape index (κ3) is 6.27. The number of carbonyl (C=O) groups is 1. The molecule has 0 atom stereocenters. The Balaban J connectivity index is 1.76. The third-order valence-corrected chi connectivity index (χ3v) is 3.80. The lowest BCUT2D eigenvalue weighted by Gasteiger charge is -2.23. The lowest BCUT2D eigenvalue weighted by atomic mass is 10.1. The van der Waals surface area contributed by atoms with Gasteiger partial charge < -0.3 is 0 Å². The molecule has 0 aromatic heterocycles. The van der Waals surface area contributed by atoms with E-state index in [1.807, 2.05) is 12.1 Å². The molecule has 0 saturated carbocycles. The number of hydrazone groups is 1. The van der Waals surface area contributed by atoms with Gasteiger partial charge in [0.15, 0.2) is 0 Å². The normalized spacial score (nSPS) is 17.4. The lowest BCUT2D eigenvalue weighted by Crippen LogP contribution is -2.37. The lowest BCUT2D eigenvalue weighted by molar-refractivity contribution is -0.122. The number of hydrogen-bond donors (Lipinski definition) is 1. The zero-order valence-electron chi connectivity index (χ0n) is 12.2. The third-order valence-electron chi connectivity index (χ3n) is 3.57. The maximum absolute atomic E-state index is 11.9. The first-order chi connectivity index (χ1) is 10.2. The molecule has 1 aliphatic heterocycles. The minimum absolute atomic E-state index is 0.0612. The van der Waals surface area contributed by atoms with E-state index in [9.17, 15) is 4.79 Å². The summed E-state index contributed by atoms with van der Waals surface area (Å²) >= 11 is 5.89. The second-order valence-corrected chi connectivity index (χ2v) is 5.83. The standard InChI is InChI=1S/C16H22ClN3O/c17-15-8-6-7-14(11-15)12-18-19-16(21)13-20-9-4-2-1-3-5-10-20/h6-8,11-12H,1-5,9-10,13H2,(H,19,21). The fourth-order valence-electron chi connectivity index (χ4n) is 2.48. The number of nitrogens with one attached hydrogen (secondary N) is 1. The zero-order valence-corrected chi connectivity index (χ0v) is 13.0. The summed E-state index contributed by atoms with van der Waals surface area (Å²) in [6, 6.07) is 7.35. The van der Waals surface area contributed by atoms with E-state index in [1.165, 1.54) is 32.1 Å². The molecular formula is C16H22ClN3O. The number of amides is 1. The Kier molecular flexibility index (Phi) is 6.70. The van der Waals surface area contributed by atoms with Crippen LogP contribution in [0.2, 0.25) is 5.02 Å². The summed E-state index contributed by atoms with van der Waals surface area (Å²) in [7, 11) is 0. The van der Waals surface area contributed by atoms with E-state index < -0.39 is 0 Å². The average Bonchev–Trinajstić information content (AvgIpc) is 2.42. The van der Waals surface area contributed by atoms with Crippen LogP contribution >= 0.6 is 11.6 Å². The molecule has 0 radical (unpaired) electrons. The number of carbonyl (C=O) groups excluding carboxylic acids is 1. The topological polar surface area (TPSA) is 44.7 Å². The summed E-state index contributed by atoms with van der Waals surface area (Å²) in [4.78, 5) is 14.1. The molecule has 1 aromatic carbocycles. The fourth-order valence-corrected chi connectivity index (χ4v) is 2.67. The Morgan fingerprint density at radius 2 is 1.95 bits per heavy atom. The first-order valence-electron chi connectivity index (χ1n) is 7.54. The van der Waals surface area contributed by atoms with E-state index in [2.05, 4.69) is 15.4 Å². The van der Waals surface area contributed by atoms with Crippen LogP contribution in [0, 0.1) is 0 Å². The van der Waals surface area contributed by atoms with Crippen LogP contribution in [-0.2, 0) is 4.79 Å². The maximum atomic E-state index is 11.9. The molecule has 1 heterocycles. The Morgan fingerprint density at radius 3 is 2.67 bits per heavy atom. The number of hydrogen-bond acceptors (Lipinski definition) is 3. The SMILES string of the molecule is O=C(CN1CCCCCCC1)NN=Cc1cccc(Cl)c1. The van der Waals surface area contributed by atoms with Crippen LogP contribution in [0.3, 0.4) is 0 Å². The van der Waals surface area contributed by atoms with Gasteiger partial charge in [0.05, 0.1) is 12.8 Å². The minimum Gasteiger partial charge on any atom is -0.294 e. The molecule has 4 nitrogen and oxygen atoms in total. The highest BCUT2D eigenvalue weighted by Gasteiger charge is 2.11. The Labute approximate surface area is 131 Å². The molecule has 114 valence electrons. The summed E-state index contributed by atoms with van der Waals surface area (Å²) < 4.78 is 0. The van der Waals surface area contributed by atoms with Crippen molar-refractivity contribution in [3.63, 3.8) is 0 Å². The monoisotopic (exact) mass is 307 g/mol. The number of rotatable bonds is 4. The van der Waals surface area contributed by atoms with Gasteiger partial charge in [-0.3, -0.25) is 9.69 Å². The van der Waals surface area contributed by atoms with Gasteiger partial charge in [-0.05, 0) is 43.6 Å². The van der Waals surface area contributed by atoms with Crippen molar-refractivity contribution in [2.24, 2.45) is 5.10 Å². The molecule has 0 aliphatic carbocycles. The quantitative estimate of drug-likeness (QED) is 0.686. The molecule has 1 amide bonds. The van der Waals surface area contributed by atoms with Gasteiger partial charge in [0.25, 0.3) is 5.91 Å². The highest BCUT2D eigenvalue weighted by molar-refractivity contribution is 6.30. The van der Waals surface area contributed by atoms with Gasteiger partial charge >= 0.3 is 0 Å². The van der Waals surface area contributed by atoms with Gasteiger partial charge in [0.1, 0.15) is 0 Å². The van der Waals surface area contributed by atoms with Crippen molar-refractivity contribution in [3.8, 4) is 0 Å². The van der Waals surface area contributed by atoms with Crippen LogP contribution in [-0.4, -0.2) is 36.7 Å². The fraction of sp³-hybridized carbons (Fsp3) is 0.500. The smallest absolute Gasteiger partial charge is 0.254 e. The van der Waals surface area contributed by atoms with Crippen LogP contribution in [0.15, 0.2) is 29.4 Å². The number of benzene rings is 1. The molecule has 1 N–H and O–H groups in total. The maximum Gasteiger partial charge on any atom is 0.254 e. The van der Waals surface area contributed by atoms with Crippen LogP contribution in [0.1, 0.15) is 37.7 Å². The predicted molar refractivity (Wildman–Crippen MR) is 86.7 cm³/mol. The molecule has 0 unspecified atom stereocenters. The van der Waals surface area contributed by atoms with E-state index in [1.54, 1.807) is 18.3 Å². The van der Waals surface area contributed by atoms with Crippen molar-refractivity contribution in [2.75, 3.05) is 19.6 Å². The van der Waals surface area contributed by atoms with Gasteiger partial charge in [-0.15, -0.1) is 0 Å². The molecule has 0 bridgehead atoms. The van der Waals surface area contributed by atoms with Crippen molar-refractivity contribution < 1.29 is 4.79 Å². The summed E-state index contributed by atoms with van der Waals surface area (Å²) in [5.74, 6) is -0.0612. The summed E-state index contributed by atoms with van der Waals surface area (Å²) in [5, 5.41) is 4.64. The van der Waals surface area contributed by atoms with Crippen LogP contribution in [0.5, 0.6) is 0 Å². The van der Waals surface area contributed by atoms with Gasteiger partial charge in [0.2, 0.25) is 0 Å². The molecule has 1 saturated heterocycles. The van der Waals surface area contributed by atoms with Crippen LogP contribution in [0.4, 0.5) is 0 Å². The highest BCUT2D eigenvalue weighted by atomic mass is 35.5. The first-order valence-corrected chi connectivity index (χ1v) is 7.92. The molecule has 0 spiro atoms. The first kappa shape index (κ1) is 16.0. The summed E-state index contributed by atoms with van der Waals surface area (Å²) in [6.07, 6.45) is 7.83. The van der Waals surface area contributed by atoms with Gasteiger partial charge in [-0.25, -0.2) is 5.43 Å². The summed E-state index contributed by atoms with van der Waals surface area (Å²) in [6.45, 7) is 2.43. The van der Waals surface area contributed by atoms with Crippen molar-refractivity contribution in [1.29, 1.82) is 0 Å². The van der Waals surface area contributed by atoms with E-state index >= 15 is 0 Å². The van der Waals surface area contributed by atoms with Gasteiger partial charge in [-0.1, -0.05) is 43.0 Å². The Morgan fingerprint density at radius 1 is 1.24 bits per heavy atom. The van der Waals surface area contributed by atoms with E-state index in [-0.39, 0.29) is 5.91 Å². The van der Waals surface area contributed by atoms with E-state index in [4.69, 9.17) is 11.6 Å². The number of likely N-dealkylation sites (tertiary alicyclic amines) is 1. The molecule has 1 fully saturated rings. The van der Waals surface area contributed by atoms with Crippen molar-refractivity contribution in [1.82, 2.24) is 10.3 Å². The van der Waals surface area contributed by atoms with Gasteiger partial charge in [-0.2, -0.15) is 5.10 Å². The highest BCUT2D eigenvalue weighted by Crippen LogP contribution is 2.10. The average molecular weight is 308 g/mol. The molecule has 21 heavy (non-hydrogen) atoms. The van der Waals surface area contributed by atoms with E-state index in [0.29, 0.717) is 11.6 Å². The predicted octanol–water partition coefficient (Wildman–Crippen LogP) is 3.06. The second kappa shape index (κ2) is 8.80. The minimum atomic E-state index is -0.0612. The largest absolute Gasteiger partial charge is 0.294 e. The molecule has 1 aromatic rings. The van der Waals surface area contributed by atoms with Gasteiger partial charge in [0, 0.05) is 5.02 Å². The number of halogens is 1. The van der Waals surface area contributed by atoms with Crippen molar-refractivity contribution in [3.05, 3.63) is 34.9 Å². The van der Waals surface area contributed by atoms with Crippen molar-refractivity contribution in [2.45, 2.75) is 32.1 Å². The second-order valence-electron chi connectivity index (χ2n) is 5.39. The van der Waals surface area contributed by atoms with E-state index in [0.717, 1.165) is 18.7 Å². The molecule has 1 aliphatic rings. The van der Waals surface area contributed by atoms with Crippen LogP contribution < -0.4 is 5.43 Å². The molecule has 2 rings (SSSR count). The summed E-state index contributed by atoms with van der Waals surface area (Å²) in [5.41, 5.74) is 3.45. The number of nitrogens with zero attached hydrogens (tertiary/aromatic N) is 2. The zero-order chi connectivity index (χ0) is 14.9. The Bertz CT molecular complexity index is 482. The molecular weight excluding hydrogens is 286 g/mol. The molecule has 5 heteroatoms. The Hall–Kier alpha value is -1.39. The van der Waals surface area contributed by atoms with Crippen LogP contribution in [0.25, 0.3) is 0 Å².